The highest BCUT2D eigenvalue weighted by atomic mass is 32.2. The second-order valence-corrected chi connectivity index (χ2v) is 5.96. The van der Waals surface area contributed by atoms with Crippen molar-refractivity contribution in [3.8, 4) is 5.75 Å². The first-order valence-corrected chi connectivity index (χ1v) is 7.77. The van der Waals surface area contributed by atoms with E-state index in [2.05, 4.69) is 10.0 Å². The predicted molar refractivity (Wildman–Crippen MR) is 72.7 cm³/mol. The molecule has 0 aliphatic heterocycles. The Labute approximate surface area is 112 Å². The van der Waals surface area contributed by atoms with Gasteiger partial charge in [-0.2, -0.15) is 0 Å². The highest BCUT2D eigenvalue weighted by Crippen LogP contribution is 2.18. The van der Waals surface area contributed by atoms with Crippen LogP contribution in [0.4, 0.5) is 0 Å². The molecule has 0 saturated heterocycles. The number of carbonyl (C=O) groups excluding carboxylic acids is 1. The molecule has 106 valence electrons. The number of phenolic OH excluding ortho intramolecular Hbond substituents is 1. The van der Waals surface area contributed by atoms with E-state index < -0.39 is 15.9 Å². The van der Waals surface area contributed by atoms with E-state index in [4.69, 9.17) is 0 Å². The van der Waals surface area contributed by atoms with Crippen molar-refractivity contribution in [3.05, 3.63) is 29.3 Å². The summed E-state index contributed by atoms with van der Waals surface area (Å²) in [5.41, 5.74) is 1.14. The number of aryl methyl sites for hydroxylation is 1. The van der Waals surface area contributed by atoms with Crippen LogP contribution >= 0.6 is 0 Å². The summed E-state index contributed by atoms with van der Waals surface area (Å²) in [5.74, 6) is -0.520. The highest BCUT2D eigenvalue weighted by Gasteiger charge is 2.11. The number of hydrogen-bond acceptors (Lipinski definition) is 4. The number of rotatable bonds is 6. The number of carbonyl (C=O) groups is 1. The van der Waals surface area contributed by atoms with E-state index in [1.54, 1.807) is 12.1 Å². The second-order valence-electron chi connectivity index (χ2n) is 4.13. The van der Waals surface area contributed by atoms with Crippen molar-refractivity contribution in [3.63, 3.8) is 0 Å². The lowest BCUT2D eigenvalue weighted by atomic mass is 10.1. The number of hydrogen-bond donors (Lipinski definition) is 3. The maximum Gasteiger partial charge on any atom is 0.255 e. The summed E-state index contributed by atoms with van der Waals surface area (Å²) in [6.07, 6.45) is 1.81. The number of phenols is 1. The molecule has 3 N–H and O–H groups in total. The Hall–Kier alpha value is -1.60. The van der Waals surface area contributed by atoms with Gasteiger partial charge in [0.25, 0.3) is 5.91 Å². The Morgan fingerprint density at radius 3 is 2.58 bits per heavy atom. The third-order valence-corrected chi connectivity index (χ3v) is 3.22. The zero-order valence-electron chi connectivity index (χ0n) is 10.9. The monoisotopic (exact) mass is 286 g/mol. The fraction of sp³-hybridized carbons (Fsp3) is 0.417. The second kappa shape index (κ2) is 6.53. The van der Waals surface area contributed by atoms with Crippen LogP contribution in [0.1, 0.15) is 22.8 Å². The minimum atomic E-state index is -3.26. The molecule has 0 aliphatic carbocycles. The Kier molecular flexibility index (Phi) is 5.31. The highest BCUT2D eigenvalue weighted by molar-refractivity contribution is 7.88. The number of sulfonamides is 1. The van der Waals surface area contributed by atoms with Crippen molar-refractivity contribution in [2.24, 2.45) is 0 Å². The summed E-state index contributed by atoms with van der Waals surface area (Å²) >= 11 is 0. The van der Waals surface area contributed by atoms with Crippen LogP contribution in [-0.4, -0.2) is 38.8 Å². The van der Waals surface area contributed by atoms with Gasteiger partial charge in [-0.1, -0.05) is 13.0 Å². The van der Waals surface area contributed by atoms with Crippen LogP contribution in [0.3, 0.4) is 0 Å². The molecule has 0 aromatic heterocycles. The quantitative estimate of drug-likeness (QED) is 0.652. The maximum absolute atomic E-state index is 11.8. The first-order valence-electron chi connectivity index (χ1n) is 5.88. The third kappa shape index (κ3) is 5.27. The number of benzene rings is 1. The Morgan fingerprint density at radius 1 is 1.32 bits per heavy atom. The summed E-state index contributed by atoms with van der Waals surface area (Å²) in [7, 11) is -3.26. The normalized spacial score (nSPS) is 11.3. The van der Waals surface area contributed by atoms with Crippen LogP contribution in [-0.2, 0) is 16.4 Å². The molecule has 0 atom stereocenters. The molecule has 0 fully saturated rings. The lowest BCUT2D eigenvalue weighted by molar-refractivity contribution is 0.0951. The molecule has 0 bridgehead atoms. The zero-order valence-corrected chi connectivity index (χ0v) is 11.8. The van der Waals surface area contributed by atoms with Crippen LogP contribution in [0, 0.1) is 0 Å². The van der Waals surface area contributed by atoms with Gasteiger partial charge in [-0.05, 0) is 24.1 Å². The first kappa shape index (κ1) is 15.5. The Balaban J connectivity index is 2.58. The number of amides is 1. The minimum absolute atomic E-state index is 0.0919. The molecule has 1 aromatic rings. The van der Waals surface area contributed by atoms with E-state index in [0.717, 1.165) is 18.2 Å². The SMILES string of the molecule is CCc1ccc(O)c(C(=O)NCCNS(C)(=O)=O)c1. The zero-order chi connectivity index (χ0) is 14.5. The smallest absolute Gasteiger partial charge is 0.255 e. The van der Waals surface area contributed by atoms with E-state index in [1.165, 1.54) is 6.07 Å². The number of aromatic hydroxyl groups is 1. The van der Waals surface area contributed by atoms with E-state index in [1.807, 2.05) is 6.92 Å². The van der Waals surface area contributed by atoms with Gasteiger partial charge in [-0.3, -0.25) is 4.79 Å². The molecule has 0 spiro atoms. The Morgan fingerprint density at radius 2 is 2.00 bits per heavy atom. The average molecular weight is 286 g/mol. The molecule has 0 unspecified atom stereocenters. The molecule has 0 radical (unpaired) electrons. The molecule has 19 heavy (non-hydrogen) atoms. The lowest BCUT2D eigenvalue weighted by Crippen LogP contribution is -2.34. The molecule has 0 heterocycles. The van der Waals surface area contributed by atoms with Crippen molar-refractivity contribution < 1.29 is 18.3 Å². The average Bonchev–Trinajstić information content (AvgIpc) is 2.34. The van der Waals surface area contributed by atoms with Gasteiger partial charge in [0, 0.05) is 13.1 Å². The standard InChI is InChI=1S/C12H18N2O4S/c1-3-9-4-5-11(15)10(8-9)12(16)13-6-7-14-19(2,17)18/h4-5,8,14-15H,3,6-7H2,1-2H3,(H,13,16). The lowest BCUT2D eigenvalue weighted by Gasteiger charge is -2.08. The van der Waals surface area contributed by atoms with Gasteiger partial charge < -0.3 is 10.4 Å². The molecule has 1 amide bonds. The fourth-order valence-corrected chi connectivity index (χ4v) is 1.97. The van der Waals surface area contributed by atoms with Crippen LogP contribution in [0.2, 0.25) is 0 Å². The van der Waals surface area contributed by atoms with Crippen molar-refractivity contribution in [1.82, 2.24) is 10.0 Å². The minimum Gasteiger partial charge on any atom is -0.507 e. The van der Waals surface area contributed by atoms with Crippen LogP contribution in [0.15, 0.2) is 18.2 Å². The molecule has 1 rings (SSSR count). The summed E-state index contributed by atoms with van der Waals surface area (Å²) in [4.78, 5) is 11.8. The van der Waals surface area contributed by atoms with Crippen LogP contribution in [0.25, 0.3) is 0 Å². The van der Waals surface area contributed by atoms with Gasteiger partial charge in [0.2, 0.25) is 10.0 Å². The fourth-order valence-electron chi connectivity index (χ4n) is 1.49. The molecule has 0 saturated carbocycles. The van der Waals surface area contributed by atoms with Crippen molar-refractivity contribution in [2.45, 2.75) is 13.3 Å². The summed E-state index contributed by atoms with van der Waals surface area (Å²) < 4.78 is 23.9. The topological polar surface area (TPSA) is 95.5 Å². The predicted octanol–water partition coefficient (Wildman–Crippen LogP) is 0.234. The van der Waals surface area contributed by atoms with E-state index in [-0.39, 0.29) is 24.4 Å². The summed E-state index contributed by atoms with van der Waals surface area (Å²) in [6, 6.07) is 4.84. The molecule has 6 nitrogen and oxygen atoms in total. The summed E-state index contributed by atoms with van der Waals surface area (Å²) in [5, 5.41) is 12.2. The van der Waals surface area contributed by atoms with Gasteiger partial charge in [0.15, 0.2) is 0 Å². The summed E-state index contributed by atoms with van der Waals surface area (Å²) in [6.45, 7) is 2.21. The van der Waals surface area contributed by atoms with Crippen molar-refractivity contribution in [1.29, 1.82) is 0 Å². The van der Waals surface area contributed by atoms with E-state index in [9.17, 15) is 18.3 Å². The maximum atomic E-state index is 11.8. The number of nitrogens with one attached hydrogen (secondary N) is 2. The van der Waals surface area contributed by atoms with E-state index in [0.29, 0.717) is 0 Å². The largest absolute Gasteiger partial charge is 0.507 e. The van der Waals surface area contributed by atoms with E-state index >= 15 is 0 Å². The van der Waals surface area contributed by atoms with Crippen LogP contribution < -0.4 is 10.0 Å². The van der Waals surface area contributed by atoms with Gasteiger partial charge in [-0.15, -0.1) is 0 Å². The van der Waals surface area contributed by atoms with Gasteiger partial charge >= 0.3 is 0 Å². The molecule has 0 aliphatic rings. The van der Waals surface area contributed by atoms with Crippen molar-refractivity contribution in [2.75, 3.05) is 19.3 Å². The molecular weight excluding hydrogens is 268 g/mol. The third-order valence-electron chi connectivity index (χ3n) is 2.49. The van der Waals surface area contributed by atoms with Crippen LogP contribution in [0.5, 0.6) is 5.75 Å². The Bertz CT molecular complexity index is 555. The van der Waals surface area contributed by atoms with Crippen molar-refractivity contribution >= 4 is 15.9 Å². The molecular formula is C12H18N2O4S. The molecule has 7 heteroatoms. The van der Waals surface area contributed by atoms with Gasteiger partial charge in [-0.25, -0.2) is 13.1 Å². The van der Waals surface area contributed by atoms with Gasteiger partial charge in [0.05, 0.1) is 11.8 Å². The molecule has 1 aromatic carbocycles. The van der Waals surface area contributed by atoms with Gasteiger partial charge in [0.1, 0.15) is 5.75 Å². The first-order chi connectivity index (χ1) is 8.83.